The largest absolute Gasteiger partial charge is 0.391 e. The summed E-state index contributed by atoms with van der Waals surface area (Å²) in [5, 5.41) is 12.4. The molecule has 0 bridgehead atoms. The zero-order valence-electron chi connectivity index (χ0n) is 11.1. The number of aliphatic hydroxyl groups excluding tert-OH is 1. The van der Waals surface area contributed by atoms with Gasteiger partial charge in [0.15, 0.2) is 0 Å². The van der Waals surface area contributed by atoms with Gasteiger partial charge in [-0.3, -0.25) is 4.79 Å². The number of nitrogens with two attached hydrogens (primary N) is 1. The number of hydrogen-bond acceptors (Lipinski definition) is 3. The third kappa shape index (κ3) is 4.65. The molecule has 1 amide bonds. The SMILES string of the molecule is N[C@@H](CCc1ccccc1)C(=O)NCC(O)C1CC1. The van der Waals surface area contributed by atoms with Gasteiger partial charge in [0.05, 0.1) is 12.1 Å². The fourth-order valence-corrected chi connectivity index (χ4v) is 2.08. The Balaban J connectivity index is 1.67. The minimum absolute atomic E-state index is 0.171. The van der Waals surface area contributed by atoms with E-state index in [-0.39, 0.29) is 5.91 Å². The number of amides is 1. The second-order valence-corrected chi connectivity index (χ2v) is 5.28. The molecule has 1 unspecified atom stereocenters. The highest BCUT2D eigenvalue weighted by Crippen LogP contribution is 2.32. The van der Waals surface area contributed by atoms with Crippen molar-refractivity contribution >= 4 is 5.91 Å². The van der Waals surface area contributed by atoms with Crippen molar-refractivity contribution in [3.05, 3.63) is 35.9 Å². The molecule has 0 saturated heterocycles. The molecule has 1 aromatic rings. The molecule has 1 aromatic carbocycles. The van der Waals surface area contributed by atoms with E-state index in [0.717, 1.165) is 19.3 Å². The quantitative estimate of drug-likeness (QED) is 0.681. The maximum atomic E-state index is 11.8. The van der Waals surface area contributed by atoms with Crippen LogP contribution in [0.15, 0.2) is 30.3 Å². The van der Waals surface area contributed by atoms with Crippen LogP contribution in [0, 0.1) is 5.92 Å². The number of rotatable bonds is 7. The Morgan fingerprint density at radius 3 is 2.68 bits per heavy atom. The van der Waals surface area contributed by atoms with Crippen LogP contribution in [-0.2, 0) is 11.2 Å². The molecule has 4 N–H and O–H groups in total. The van der Waals surface area contributed by atoms with Crippen LogP contribution in [0.4, 0.5) is 0 Å². The predicted octanol–water partition coefficient (Wildman–Crippen LogP) is 0.834. The highest BCUT2D eigenvalue weighted by molar-refractivity contribution is 5.81. The summed E-state index contributed by atoms with van der Waals surface area (Å²) < 4.78 is 0. The summed E-state index contributed by atoms with van der Waals surface area (Å²) in [4.78, 5) is 11.8. The third-order valence-electron chi connectivity index (χ3n) is 3.58. The zero-order chi connectivity index (χ0) is 13.7. The van der Waals surface area contributed by atoms with E-state index < -0.39 is 12.1 Å². The molecule has 1 aliphatic carbocycles. The second kappa shape index (κ2) is 6.68. The Hall–Kier alpha value is -1.39. The van der Waals surface area contributed by atoms with E-state index in [1.165, 1.54) is 5.56 Å². The van der Waals surface area contributed by atoms with E-state index >= 15 is 0 Å². The standard InChI is InChI=1S/C15H22N2O2/c16-13(9-6-11-4-2-1-3-5-11)15(19)17-10-14(18)12-7-8-12/h1-5,12-14,18H,6-10,16H2,(H,17,19)/t13-,14?/m0/s1. The lowest BCUT2D eigenvalue weighted by Gasteiger charge is -2.14. The Labute approximate surface area is 114 Å². The Morgan fingerprint density at radius 1 is 1.37 bits per heavy atom. The van der Waals surface area contributed by atoms with Gasteiger partial charge < -0.3 is 16.2 Å². The zero-order valence-corrected chi connectivity index (χ0v) is 11.1. The van der Waals surface area contributed by atoms with Crippen molar-refractivity contribution in [1.29, 1.82) is 0 Å². The molecule has 1 saturated carbocycles. The van der Waals surface area contributed by atoms with Gasteiger partial charge in [-0.25, -0.2) is 0 Å². The molecule has 19 heavy (non-hydrogen) atoms. The van der Waals surface area contributed by atoms with E-state index in [1.807, 2.05) is 30.3 Å². The molecule has 4 heteroatoms. The molecule has 2 atom stereocenters. The van der Waals surface area contributed by atoms with Crippen LogP contribution in [0.25, 0.3) is 0 Å². The van der Waals surface area contributed by atoms with Crippen molar-refractivity contribution in [2.75, 3.05) is 6.54 Å². The summed E-state index contributed by atoms with van der Waals surface area (Å²) in [5.41, 5.74) is 7.03. The molecule has 0 radical (unpaired) electrons. The molecule has 1 fully saturated rings. The lowest BCUT2D eigenvalue weighted by Crippen LogP contribution is -2.44. The number of benzene rings is 1. The summed E-state index contributed by atoms with van der Waals surface area (Å²) in [6.07, 6.45) is 3.13. The molecule has 0 aliphatic heterocycles. The van der Waals surface area contributed by atoms with Crippen LogP contribution >= 0.6 is 0 Å². The maximum absolute atomic E-state index is 11.8. The summed E-state index contributed by atoms with van der Waals surface area (Å²) in [7, 11) is 0. The van der Waals surface area contributed by atoms with Crippen molar-refractivity contribution in [3.63, 3.8) is 0 Å². The Bertz CT molecular complexity index is 404. The van der Waals surface area contributed by atoms with E-state index in [2.05, 4.69) is 5.32 Å². The van der Waals surface area contributed by atoms with Crippen LogP contribution in [0.1, 0.15) is 24.8 Å². The van der Waals surface area contributed by atoms with Crippen molar-refractivity contribution in [2.24, 2.45) is 11.7 Å². The van der Waals surface area contributed by atoms with Crippen molar-refractivity contribution < 1.29 is 9.90 Å². The molecular weight excluding hydrogens is 240 g/mol. The van der Waals surface area contributed by atoms with Gasteiger partial charge in [-0.15, -0.1) is 0 Å². The Kier molecular flexibility index (Phi) is 4.93. The average Bonchev–Trinajstić information content (AvgIpc) is 3.27. The normalized spacial score (nSPS) is 17.8. The maximum Gasteiger partial charge on any atom is 0.237 e. The number of carbonyl (C=O) groups is 1. The molecule has 1 aliphatic rings. The lowest BCUT2D eigenvalue weighted by molar-refractivity contribution is -0.123. The third-order valence-corrected chi connectivity index (χ3v) is 3.58. The molecular formula is C15H22N2O2. The number of carbonyl (C=O) groups excluding carboxylic acids is 1. The Morgan fingerprint density at radius 2 is 2.05 bits per heavy atom. The van der Waals surface area contributed by atoms with Crippen LogP contribution in [-0.4, -0.2) is 29.7 Å². The van der Waals surface area contributed by atoms with Gasteiger partial charge >= 0.3 is 0 Å². The van der Waals surface area contributed by atoms with Gasteiger partial charge in [0.25, 0.3) is 0 Å². The van der Waals surface area contributed by atoms with Crippen LogP contribution in [0.2, 0.25) is 0 Å². The van der Waals surface area contributed by atoms with Crippen LogP contribution in [0.5, 0.6) is 0 Å². The van der Waals surface area contributed by atoms with Crippen LogP contribution in [0.3, 0.4) is 0 Å². The molecule has 2 rings (SSSR count). The smallest absolute Gasteiger partial charge is 0.237 e. The van der Waals surface area contributed by atoms with Crippen molar-refractivity contribution in [2.45, 2.75) is 37.8 Å². The molecule has 0 spiro atoms. The van der Waals surface area contributed by atoms with Crippen LogP contribution < -0.4 is 11.1 Å². The predicted molar refractivity (Wildman–Crippen MR) is 74.5 cm³/mol. The van der Waals surface area contributed by atoms with Gasteiger partial charge in [-0.1, -0.05) is 30.3 Å². The fourth-order valence-electron chi connectivity index (χ4n) is 2.08. The average molecular weight is 262 g/mol. The minimum atomic E-state index is -0.508. The van der Waals surface area contributed by atoms with E-state index in [9.17, 15) is 9.90 Å². The van der Waals surface area contributed by atoms with Gasteiger partial charge in [0, 0.05) is 6.54 Å². The minimum Gasteiger partial charge on any atom is -0.391 e. The first-order chi connectivity index (χ1) is 9.16. The van der Waals surface area contributed by atoms with Crippen molar-refractivity contribution in [3.8, 4) is 0 Å². The monoisotopic (exact) mass is 262 g/mol. The van der Waals surface area contributed by atoms with Gasteiger partial charge in [0.2, 0.25) is 5.91 Å². The molecule has 4 nitrogen and oxygen atoms in total. The summed E-state index contributed by atoms with van der Waals surface area (Å²) >= 11 is 0. The van der Waals surface area contributed by atoms with E-state index in [4.69, 9.17) is 5.73 Å². The fraction of sp³-hybridized carbons (Fsp3) is 0.533. The second-order valence-electron chi connectivity index (χ2n) is 5.28. The number of aliphatic hydroxyl groups is 1. The summed E-state index contributed by atoms with van der Waals surface area (Å²) in [5.74, 6) is 0.205. The van der Waals surface area contributed by atoms with Gasteiger partial charge in [-0.2, -0.15) is 0 Å². The topological polar surface area (TPSA) is 75.4 Å². The number of nitrogens with one attached hydrogen (secondary N) is 1. The first kappa shape index (κ1) is 14.0. The molecule has 0 heterocycles. The lowest BCUT2D eigenvalue weighted by atomic mass is 10.1. The molecule has 104 valence electrons. The summed E-state index contributed by atoms with van der Waals surface area (Å²) in [6.45, 7) is 0.322. The van der Waals surface area contributed by atoms with Gasteiger partial charge in [0.1, 0.15) is 0 Å². The van der Waals surface area contributed by atoms with Gasteiger partial charge in [-0.05, 0) is 37.2 Å². The highest BCUT2D eigenvalue weighted by Gasteiger charge is 2.30. The highest BCUT2D eigenvalue weighted by atomic mass is 16.3. The first-order valence-corrected chi connectivity index (χ1v) is 6.92. The van der Waals surface area contributed by atoms with Crippen molar-refractivity contribution in [1.82, 2.24) is 5.32 Å². The van der Waals surface area contributed by atoms with E-state index in [1.54, 1.807) is 0 Å². The summed E-state index contributed by atoms with van der Waals surface area (Å²) in [6, 6.07) is 9.48. The van der Waals surface area contributed by atoms with E-state index in [0.29, 0.717) is 18.9 Å². The molecule has 0 aromatic heterocycles. The first-order valence-electron chi connectivity index (χ1n) is 6.92. The number of aryl methyl sites for hydroxylation is 1. The number of hydrogen-bond donors (Lipinski definition) is 3.